The highest BCUT2D eigenvalue weighted by Crippen LogP contribution is 2.27. The Balaban J connectivity index is 1.79. The number of nitrogens with zero attached hydrogens (tertiary/aromatic N) is 2. The van der Waals surface area contributed by atoms with Crippen molar-refractivity contribution in [3.05, 3.63) is 75.9 Å². The van der Waals surface area contributed by atoms with Gasteiger partial charge >= 0.3 is 0 Å². The van der Waals surface area contributed by atoms with Crippen LogP contribution < -0.4 is 15.8 Å². The molecule has 9 heteroatoms. The Kier molecular flexibility index (Phi) is 6.18. The van der Waals surface area contributed by atoms with Crippen LogP contribution in [-0.2, 0) is 11.3 Å². The van der Waals surface area contributed by atoms with Gasteiger partial charge in [-0.25, -0.2) is 4.68 Å². The van der Waals surface area contributed by atoms with E-state index in [2.05, 4.69) is 10.4 Å². The van der Waals surface area contributed by atoms with Crippen LogP contribution in [0.25, 0.3) is 0 Å². The van der Waals surface area contributed by atoms with Gasteiger partial charge in [-0.05, 0) is 23.8 Å². The molecule has 0 aliphatic rings. The summed E-state index contributed by atoms with van der Waals surface area (Å²) in [5.41, 5.74) is 6.12. The molecule has 3 N–H and O–H groups in total. The van der Waals surface area contributed by atoms with Crippen molar-refractivity contribution < 1.29 is 14.3 Å². The average molecular weight is 419 g/mol. The number of carbonyl (C=O) groups is 2. The lowest BCUT2D eigenvalue weighted by atomic mass is 10.2. The molecule has 2 amide bonds. The molecule has 0 aliphatic heterocycles. The molecule has 3 aromatic rings. The average Bonchev–Trinajstić information content (AvgIpc) is 3.10. The van der Waals surface area contributed by atoms with Crippen molar-refractivity contribution in [2.45, 2.75) is 6.54 Å². The standard InChI is InChI=1S/C19H16Cl2N4O3/c20-14-6-3-4-12(18(14)21)10-25-17(8-9-23-25)24-19(27)13-5-1-2-7-15(13)28-11-16(22)26/h1-9H,10-11H2,(H2,22,26)(H,24,27). The normalized spacial score (nSPS) is 10.5. The summed E-state index contributed by atoms with van der Waals surface area (Å²) in [5.74, 6) is -0.334. The van der Waals surface area contributed by atoms with E-state index in [9.17, 15) is 9.59 Å². The molecule has 0 fully saturated rings. The summed E-state index contributed by atoms with van der Waals surface area (Å²) in [7, 11) is 0. The highest BCUT2D eigenvalue weighted by Gasteiger charge is 2.16. The molecule has 28 heavy (non-hydrogen) atoms. The van der Waals surface area contributed by atoms with Gasteiger partial charge in [-0.3, -0.25) is 9.59 Å². The summed E-state index contributed by atoms with van der Waals surface area (Å²) in [6.07, 6.45) is 1.56. The molecule has 0 atom stereocenters. The van der Waals surface area contributed by atoms with Gasteiger partial charge < -0.3 is 15.8 Å². The van der Waals surface area contributed by atoms with Gasteiger partial charge in [0.25, 0.3) is 11.8 Å². The number of ether oxygens (including phenoxy) is 1. The third-order valence-electron chi connectivity index (χ3n) is 3.81. The van der Waals surface area contributed by atoms with E-state index in [0.29, 0.717) is 22.4 Å². The molecule has 3 rings (SSSR count). The quantitative estimate of drug-likeness (QED) is 0.614. The summed E-state index contributed by atoms with van der Waals surface area (Å²) < 4.78 is 6.89. The van der Waals surface area contributed by atoms with Gasteiger partial charge in [0.1, 0.15) is 11.6 Å². The lowest BCUT2D eigenvalue weighted by Gasteiger charge is -2.13. The van der Waals surface area contributed by atoms with Crippen LogP contribution in [0, 0.1) is 0 Å². The Labute approximate surface area is 171 Å². The van der Waals surface area contributed by atoms with Crippen molar-refractivity contribution in [3.8, 4) is 5.75 Å². The highest BCUT2D eigenvalue weighted by atomic mass is 35.5. The minimum absolute atomic E-state index is 0.253. The van der Waals surface area contributed by atoms with E-state index < -0.39 is 11.8 Å². The predicted molar refractivity (Wildman–Crippen MR) is 107 cm³/mol. The second-order valence-corrected chi connectivity index (χ2v) is 6.58. The van der Waals surface area contributed by atoms with Crippen LogP contribution in [0.4, 0.5) is 5.82 Å². The van der Waals surface area contributed by atoms with E-state index in [4.69, 9.17) is 33.7 Å². The van der Waals surface area contributed by atoms with Crippen molar-refractivity contribution in [1.29, 1.82) is 0 Å². The molecular formula is C19H16Cl2N4O3. The Hall–Kier alpha value is -3.03. The second kappa shape index (κ2) is 8.77. The van der Waals surface area contributed by atoms with Crippen molar-refractivity contribution in [3.63, 3.8) is 0 Å². The third kappa shape index (κ3) is 4.62. The number of para-hydroxylation sites is 1. The maximum absolute atomic E-state index is 12.7. The molecule has 0 aliphatic carbocycles. The van der Waals surface area contributed by atoms with E-state index in [1.807, 2.05) is 6.07 Å². The Morgan fingerprint density at radius 2 is 1.89 bits per heavy atom. The van der Waals surface area contributed by atoms with Gasteiger partial charge in [-0.15, -0.1) is 0 Å². The molecular weight excluding hydrogens is 403 g/mol. The first-order valence-electron chi connectivity index (χ1n) is 8.22. The number of anilines is 1. The first-order valence-corrected chi connectivity index (χ1v) is 8.97. The first kappa shape index (κ1) is 19.7. The molecule has 0 radical (unpaired) electrons. The second-order valence-electron chi connectivity index (χ2n) is 5.79. The summed E-state index contributed by atoms with van der Waals surface area (Å²) in [6, 6.07) is 13.5. The lowest BCUT2D eigenvalue weighted by Crippen LogP contribution is -2.22. The van der Waals surface area contributed by atoms with E-state index in [0.717, 1.165) is 5.56 Å². The van der Waals surface area contributed by atoms with Crippen LogP contribution in [0.1, 0.15) is 15.9 Å². The Morgan fingerprint density at radius 1 is 1.11 bits per heavy atom. The molecule has 0 saturated carbocycles. The zero-order valence-electron chi connectivity index (χ0n) is 14.6. The Bertz CT molecular complexity index is 1020. The minimum atomic E-state index is -0.633. The number of aromatic nitrogens is 2. The summed E-state index contributed by atoms with van der Waals surface area (Å²) in [5, 5.41) is 7.87. The summed E-state index contributed by atoms with van der Waals surface area (Å²) in [4.78, 5) is 23.7. The summed E-state index contributed by atoms with van der Waals surface area (Å²) in [6.45, 7) is -0.00266. The topological polar surface area (TPSA) is 99.2 Å². The number of primary amides is 1. The molecule has 1 heterocycles. The van der Waals surface area contributed by atoms with Crippen molar-refractivity contribution in [1.82, 2.24) is 9.78 Å². The zero-order chi connectivity index (χ0) is 20.1. The molecule has 0 spiro atoms. The molecule has 0 unspecified atom stereocenters. The third-order valence-corrected chi connectivity index (χ3v) is 4.67. The number of carbonyl (C=O) groups excluding carboxylic acids is 2. The summed E-state index contributed by atoms with van der Waals surface area (Å²) >= 11 is 12.3. The van der Waals surface area contributed by atoms with Crippen molar-refractivity contribution in [2.24, 2.45) is 5.73 Å². The van der Waals surface area contributed by atoms with Crippen LogP contribution in [0.2, 0.25) is 10.0 Å². The van der Waals surface area contributed by atoms with E-state index in [1.54, 1.807) is 53.3 Å². The number of nitrogens with one attached hydrogen (secondary N) is 1. The number of halogens is 2. The zero-order valence-corrected chi connectivity index (χ0v) is 16.1. The maximum Gasteiger partial charge on any atom is 0.260 e. The van der Waals surface area contributed by atoms with Crippen LogP contribution >= 0.6 is 23.2 Å². The molecule has 144 valence electrons. The van der Waals surface area contributed by atoms with Crippen LogP contribution in [0.3, 0.4) is 0 Å². The minimum Gasteiger partial charge on any atom is -0.483 e. The highest BCUT2D eigenvalue weighted by molar-refractivity contribution is 6.42. The van der Waals surface area contributed by atoms with Gasteiger partial charge in [0.05, 0.1) is 28.4 Å². The largest absolute Gasteiger partial charge is 0.483 e. The van der Waals surface area contributed by atoms with Crippen molar-refractivity contribution in [2.75, 3.05) is 11.9 Å². The number of hydrogen-bond acceptors (Lipinski definition) is 4. The van der Waals surface area contributed by atoms with Gasteiger partial charge in [0, 0.05) is 6.07 Å². The number of amides is 2. The fourth-order valence-corrected chi connectivity index (χ4v) is 2.89. The van der Waals surface area contributed by atoms with Gasteiger partial charge in [-0.1, -0.05) is 47.5 Å². The lowest BCUT2D eigenvalue weighted by molar-refractivity contribution is -0.119. The first-order chi connectivity index (χ1) is 13.5. The smallest absolute Gasteiger partial charge is 0.260 e. The molecule has 7 nitrogen and oxygen atoms in total. The molecule has 1 aromatic heterocycles. The molecule has 0 bridgehead atoms. The monoisotopic (exact) mass is 418 g/mol. The number of rotatable bonds is 7. The van der Waals surface area contributed by atoms with Gasteiger partial charge in [0.2, 0.25) is 0 Å². The van der Waals surface area contributed by atoms with Crippen LogP contribution in [0.15, 0.2) is 54.7 Å². The number of hydrogen-bond donors (Lipinski definition) is 2. The van der Waals surface area contributed by atoms with Crippen molar-refractivity contribution >= 4 is 40.8 Å². The van der Waals surface area contributed by atoms with E-state index in [1.165, 1.54) is 0 Å². The fourth-order valence-electron chi connectivity index (χ4n) is 2.51. The SMILES string of the molecule is NC(=O)COc1ccccc1C(=O)Nc1ccnn1Cc1cccc(Cl)c1Cl. The predicted octanol–water partition coefficient (Wildman–Crippen LogP) is 3.35. The molecule has 2 aromatic carbocycles. The maximum atomic E-state index is 12.7. The fraction of sp³-hybridized carbons (Fsp3) is 0.105. The number of benzene rings is 2. The molecule has 0 saturated heterocycles. The van der Waals surface area contributed by atoms with Crippen LogP contribution in [0.5, 0.6) is 5.75 Å². The number of nitrogens with two attached hydrogens (primary N) is 1. The van der Waals surface area contributed by atoms with Gasteiger partial charge in [-0.2, -0.15) is 5.10 Å². The Morgan fingerprint density at radius 3 is 2.68 bits per heavy atom. The van der Waals surface area contributed by atoms with Crippen LogP contribution in [-0.4, -0.2) is 28.2 Å². The van der Waals surface area contributed by atoms with E-state index in [-0.39, 0.29) is 17.9 Å². The van der Waals surface area contributed by atoms with Gasteiger partial charge in [0.15, 0.2) is 6.61 Å². The van der Waals surface area contributed by atoms with E-state index >= 15 is 0 Å².